The molecule has 1 fully saturated rings. The number of carbonyl (C=O) groups is 2. The van der Waals surface area contributed by atoms with Crippen LogP contribution >= 0.6 is 0 Å². The van der Waals surface area contributed by atoms with Crippen molar-refractivity contribution in [2.24, 2.45) is 5.92 Å². The summed E-state index contributed by atoms with van der Waals surface area (Å²) in [6.45, 7) is 2.62. The highest BCUT2D eigenvalue weighted by atomic mass is 19.4. The molecule has 152 valence electrons. The first-order chi connectivity index (χ1) is 13.2. The van der Waals surface area contributed by atoms with Crippen LogP contribution in [0.1, 0.15) is 24.2 Å². The van der Waals surface area contributed by atoms with Crippen LogP contribution in [-0.4, -0.2) is 50.8 Å². The number of aliphatic carboxylic acids is 1. The van der Waals surface area contributed by atoms with E-state index in [-0.39, 0.29) is 11.6 Å². The average molecular weight is 398 g/mol. The van der Waals surface area contributed by atoms with Gasteiger partial charge in [0.15, 0.2) is 11.7 Å². The Bertz CT molecular complexity index is 823. The van der Waals surface area contributed by atoms with Crippen LogP contribution in [0.15, 0.2) is 30.0 Å². The summed E-state index contributed by atoms with van der Waals surface area (Å²) in [4.78, 5) is 25.3. The molecule has 0 aliphatic carbocycles. The van der Waals surface area contributed by atoms with E-state index < -0.39 is 36.3 Å². The highest BCUT2D eigenvalue weighted by molar-refractivity contribution is 5.86. The van der Waals surface area contributed by atoms with Crippen LogP contribution in [0.25, 0.3) is 0 Å². The Morgan fingerprint density at radius 2 is 2.00 bits per heavy atom. The van der Waals surface area contributed by atoms with Crippen molar-refractivity contribution in [1.29, 1.82) is 0 Å². The van der Waals surface area contributed by atoms with Crippen molar-refractivity contribution in [3.8, 4) is 0 Å². The zero-order valence-electron chi connectivity index (χ0n) is 15.2. The molecule has 0 bridgehead atoms. The van der Waals surface area contributed by atoms with E-state index in [0.717, 1.165) is 47.2 Å². The second-order valence-corrected chi connectivity index (χ2v) is 6.92. The summed E-state index contributed by atoms with van der Waals surface area (Å²) in [5.41, 5.74) is -0.0538. The number of aryl methyl sites for hydroxylation is 1. The van der Waals surface area contributed by atoms with E-state index in [4.69, 9.17) is 0 Å². The summed E-state index contributed by atoms with van der Waals surface area (Å²) in [5.74, 6) is -1.62. The van der Waals surface area contributed by atoms with Gasteiger partial charge in [0, 0.05) is 11.9 Å². The number of amides is 1. The van der Waals surface area contributed by atoms with E-state index in [2.05, 4.69) is 10.4 Å². The molecule has 10 heteroatoms. The molecular formula is C18H21F3N4O3. The van der Waals surface area contributed by atoms with E-state index in [1.165, 1.54) is 13.1 Å². The minimum absolute atomic E-state index is 0.166. The molecule has 1 saturated heterocycles. The summed E-state index contributed by atoms with van der Waals surface area (Å²) in [5, 5.41) is 16.2. The fraction of sp³-hybridized carbons (Fsp3) is 0.500. The minimum atomic E-state index is -4.61. The Balaban J connectivity index is 1.76. The number of piperidine rings is 1. The highest BCUT2D eigenvalue weighted by Crippen LogP contribution is 2.29. The molecular weight excluding hydrogens is 377 g/mol. The van der Waals surface area contributed by atoms with Crippen molar-refractivity contribution in [3.05, 3.63) is 41.4 Å². The van der Waals surface area contributed by atoms with Crippen LogP contribution in [0.3, 0.4) is 0 Å². The number of carboxylic acids is 1. The summed E-state index contributed by atoms with van der Waals surface area (Å²) in [6, 6.07) is -0.344. The van der Waals surface area contributed by atoms with E-state index in [1.54, 1.807) is 12.2 Å². The van der Waals surface area contributed by atoms with Crippen molar-refractivity contribution in [3.63, 3.8) is 0 Å². The average Bonchev–Trinajstić information content (AvgIpc) is 3.03. The summed E-state index contributed by atoms with van der Waals surface area (Å²) >= 11 is 0. The van der Waals surface area contributed by atoms with Gasteiger partial charge in [-0.05, 0) is 62.6 Å². The predicted molar refractivity (Wildman–Crippen MR) is 93.1 cm³/mol. The molecule has 0 aromatic carbocycles. The Kier molecular flexibility index (Phi) is 5.59. The van der Waals surface area contributed by atoms with Gasteiger partial charge in [0.2, 0.25) is 5.91 Å². The van der Waals surface area contributed by atoms with Gasteiger partial charge in [-0.2, -0.15) is 18.3 Å². The fourth-order valence-electron chi connectivity index (χ4n) is 3.45. The van der Waals surface area contributed by atoms with Gasteiger partial charge in [0.1, 0.15) is 6.54 Å². The van der Waals surface area contributed by atoms with E-state index >= 15 is 0 Å². The second-order valence-electron chi connectivity index (χ2n) is 6.92. The number of allylic oxidation sites excluding steroid dienone is 2. The molecule has 0 spiro atoms. The molecule has 1 atom stereocenters. The number of aromatic nitrogens is 2. The SMILES string of the molecule is Cc1cc(C(F)(F)F)nn1CC(=O)N1C=CC(C2CCNCC2)=CC1C(=O)O. The standard InChI is InChI=1S/C18H21F3N4O3/c1-11-8-15(18(19,20)21)23-25(11)10-16(26)24-7-4-13(9-14(24)17(27)28)12-2-5-22-6-3-12/h4,7-9,12,14,22H,2-3,5-6,10H2,1H3,(H,27,28). The van der Waals surface area contributed by atoms with E-state index in [1.807, 2.05) is 0 Å². The maximum Gasteiger partial charge on any atom is 0.435 e. The van der Waals surface area contributed by atoms with Crippen molar-refractivity contribution < 1.29 is 27.9 Å². The molecule has 0 saturated carbocycles. The van der Waals surface area contributed by atoms with Gasteiger partial charge in [0.25, 0.3) is 0 Å². The molecule has 2 aliphatic heterocycles. The molecule has 3 heterocycles. The lowest BCUT2D eigenvalue weighted by Crippen LogP contribution is -2.44. The first kappa shape index (κ1) is 20.1. The predicted octanol–water partition coefficient (Wildman–Crippen LogP) is 1.95. The molecule has 1 amide bonds. The maximum atomic E-state index is 12.8. The van der Waals surface area contributed by atoms with Crippen LogP contribution in [0.5, 0.6) is 0 Å². The Labute approximate surface area is 159 Å². The lowest BCUT2D eigenvalue weighted by molar-refractivity contribution is -0.146. The second kappa shape index (κ2) is 7.78. The fourth-order valence-corrected chi connectivity index (χ4v) is 3.45. The van der Waals surface area contributed by atoms with E-state index in [9.17, 15) is 27.9 Å². The van der Waals surface area contributed by atoms with Crippen LogP contribution in [0.2, 0.25) is 0 Å². The number of nitrogens with one attached hydrogen (secondary N) is 1. The number of alkyl halides is 3. The van der Waals surface area contributed by atoms with Crippen LogP contribution in [0.4, 0.5) is 13.2 Å². The molecule has 1 aromatic heterocycles. The number of rotatable bonds is 4. The Morgan fingerprint density at radius 3 is 2.57 bits per heavy atom. The van der Waals surface area contributed by atoms with E-state index in [0.29, 0.717) is 0 Å². The van der Waals surface area contributed by atoms with Gasteiger partial charge in [-0.25, -0.2) is 4.79 Å². The van der Waals surface area contributed by atoms with Gasteiger partial charge in [-0.3, -0.25) is 14.4 Å². The molecule has 2 N–H and O–H groups in total. The maximum absolute atomic E-state index is 12.8. The third-order valence-electron chi connectivity index (χ3n) is 4.99. The van der Waals surface area contributed by atoms with Crippen LogP contribution in [0, 0.1) is 12.8 Å². The Hall–Kier alpha value is -2.62. The lowest BCUT2D eigenvalue weighted by atomic mass is 9.87. The zero-order valence-corrected chi connectivity index (χ0v) is 15.2. The minimum Gasteiger partial charge on any atom is -0.479 e. The highest BCUT2D eigenvalue weighted by Gasteiger charge is 2.35. The quantitative estimate of drug-likeness (QED) is 0.810. The molecule has 3 rings (SSSR count). The summed E-state index contributed by atoms with van der Waals surface area (Å²) < 4.78 is 39.3. The number of hydrogen-bond donors (Lipinski definition) is 2. The number of carbonyl (C=O) groups excluding carboxylic acids is 1. The number of hydrogen-bond acceptors (Lipinski definition) is 4. The molecule has 2 aliphatic rings. The van der Waals surface area contributed by atoms with Crippen LogP contribution < -0.4 is 5.32 Å². The van der Waals surface area contributed by atoms with Gasteiger partial charge in [0.05, 0.1) is 0 Å². The van der Waals surface area contributed by atoms with Crippen molar-refractivity contribution in [2.45, 2.75) is 38.5 Å². The van der Waals surface area contributed by atoms with Gasteiger partial charge < -0.3 is 10.4 Å². The molecule has 0 radical (unpaired) electrons. The largest absolute Gasteiger partial charge is 0.479 e. The smallest absolute Gasteiger partial charge is 0.435 e. The summed E-state index contributed by atoms with van der Waals surface area (Å²) in [6.07, 6.45) is 1.81. The topological polar surface area (TPSA) is 87.5 Å². The van der Waals surface area contributed by atoms with Gasteiger partial charge in [-0.15, -0.1) is 0 Å². The third-order valence-corrected chi connectivity index (χ3v) is 4.99. The molecule has 28 heavy (non-hydrogen) atoms. The number of nitrogens with zero attached hydrogens (tertiary/aromatic N) is 3. The first-order valence-electron chi connectivity index (χ1n) is 8.93. The van der Waals surface area contributed by atoms with Crippen molar-refractivity contribution in [1.82, 2.24) is 20.0 Å². The molecule has 1 unspecified atom stereocenters. The number of carboxylic acid groups (broad SMARTS) is 1. The third kappa shape index (κ3) is 4.27. The summed E-state index contributed by atoms with van der Waals surface area (Å²) in [7, 11) is 0. The number of halogens is 3. The van der Waals surface area contributed by atoms with Crippen molar-refractivity contribution >= 4 is 11.9 Å². The van der Waals surface area contributed by atoms with Crippen LogP contribution in [-0.2, 0) is 22.3 Å². The first-order valence-corrected chi connectivity index (χ1v) is 8.93. The molecule has 1 aromatic rings. The van der Waals surface area contributed by atoms with Gasteiger partial charge in [-0.1, -0.05) is 0 Å². The normalized spacial score (nSPS) is 20.9. The van der Waals surface area contributed by atoms with Gasteiger partial charge >= 0.3 is 12.1 Å². The molecule has 7 nitrogen and oxygen atoms in total. The zero-order chi connectivity index (χ0) is 20.5. The lowest BCUT2D eigenvalue weighted by Gasteiger charge is -2.31. The monoisotopic (exact) mass is 398 g/mol. The van der Waals surface area contributed by atoms with Crippen molar-refractivity contribution in [2.75, 3.05) is 13.1 Å². The Morgan fingerprint density at radius 1 is 1.32 bits per heavy atom.